The van der Waals surface area contributed by atoms with Crippen molar-refractivity contribution in [3.63, 3.8) is 0 Å². The first-order chi connectivity index (χ1) is 15.6. The second-order valence-corrected chi connectivity index (χ2v) is 9.12. The predicted octanol–water partition coefficient (Wildman–Crippen LogP) is 7.48. The van der Waals surface area contributed by atoms with Crippen LogP contribution < -0.4 is 9.75 Å². The van der Waals surface area contributed by atoms with Crippen LogP contribution in [0.15, 0.2) is 83.3 Å². The number of nitrogens with zero attached hydrogens (tertiary/aromatic N) is 3. The molecule has 1 aliphatic rings. The van der Waals surface area contributed by atoms with Gasteiger partial charge in [-0.05, 0) is 59.7 Å². The van der Waals surface area contributed by atoms with Crippen molar-refractivity contribution in [2.24, 2.45) is 5.10 Å². The third-order valence-electron chi connectivity index (χ3n) is 5.42. The van der Waals surface area contributed by atoms with E-state index in [0.29, 0.717) is 10.0 Å². The van der Waals surface area contributed by atoms with Gasteiger partial charge < -0.3 is 4.74 Å². The minimum atomic E-state index is 0.0357. The number of aromatic nitrogens is 1. The van der Waals surface area contributed by atoms with E-state index < -0.39 is 0 Å². The number of hydrogen-bond donors (Lipinski definition) is 0. The van der Waals surface area contributed by atoms with Gasteiger partial charge >= 0.3 is 0 Å². The number of hydrazone groups is 1. The molecule has 0 fully saturated rings. The molecule has 0 saturated carbocycles. The molecule has 0 aliphatic carbocycles. The van der Waals surface area contributed by atoms with E-state index in [4.69, 9.17) is 38.0 Å². The Kier molecular flexibility index (Phi) is 5.87. The lowest BCUT2D eigenvalue weighted by molar-refractivity contribution is 0.415. The Morgan fingerprint density at radius 2 is 1.50 bits per heavy atom. The van der Waals surface area contributed by atoms with Gasteiger partial charge in [-0.15, -0.1) is 11.3 Å². The van der Waals surface area contributed by atoms with Gasteiger partial charge in [0, 0.05) is 27.4 Å². The van der Waals surface area contributed by atoms with Crippen molar-refractivity contribution in [2.75, 3.05) is 12.1 Å². The minimum Gasteiger partial charge on any atom is -0.497 e. The van der Waals surface area contributed by atoms with Crippen molar-refractivity contribution < 1.29 is 4.74 Å². The summed E-state index contributed by atoms with van der Waals surface area (Å²) in [6.07, 6.45) is 0.768. The predicted molar refractivity (Wildman–Crippen MR) is 133 cm³/mol. The molecule has 4 aromatic rings. The van der Waals surface area contributed by atoms with Crippen LogP contribution in [0.4, 0.5) is 5.13 Å². The standard InChI is InChI=1S/C25H19Cl2N3OS/c1-31-21-12-6-16(7-13-21)22-14-24(18-4-10-20(27)11-5-18)30(29-22)25-28-23(15-32-25)17-2-8-19(26)9-3-17/h2-13,15,24H,14H2,1H3. The van der Waals surface area contributed by atoms with Gasteiger partial charge in [0.2, 0.25) is 5.13 Å². The van der Waals surface area contributed by atoms with Gasteiger partial charge in [-0.25, -0.2) is 9.99 Å². The van der Waals surface area contributed by atoms with Crippen LogP contribution in [0, 0.1) is 0 Å². The molecule has 0 spiro atoms. The summed E-state index contributed by atoms with van der Waals surface area (Å²) >= 11 is 13.8. The van der Waals surface area contributed by atoms with Crippen molar-refractivity contribution in [1.29, 1.82) is 0 Å². The van der Waals surface area contributed by atoms with E-state index in [-0.39, 0.29) is 6.04 Å². The van der Waals surface area contributed by atoms with E-state index >= 15 is 0 Å². The molecule has 3 aromatic carbocycles. The molecule has 32 heavy (non-hydrogen) atoms. The molecule has 2 heterocycles. The Labute approximate surface area is 200 Å². The third-order valence-corrected chi connectivity index (χ3v) is 6.75. The van der Waals surface area contributed by atoms with Crippen LogP contribution in [0.2, 0.25) is 10.0 Å². The maximum Gasteiger partial charge on any atom is 0.207 e. The van der Waals surface area contributed by atoms with Crippen molar-refractivity contribution in [1.82, 2.24) is 4.98 Å². The van der Waals surface area contributed by atoms with Gasteiger partial charge in [0.05, 0.1) is 24.6 Å². The van der Waals surface area contributed by atoms with E-state index in [1.54, 1.807) is 18.4 Å². The first-order valence-electron chi connectivity index (χ1n) is 10.1. The first-order valence-corrected chi connectivity index (χ1v) is 11.7. The number of rotatable bonds is 5. The fraction of sp³-hybridized carbons (Fsp3) is 0.120. The van der Waals surface area contributed by atoms with E-state index in [0.717, 1.165) is 45.4 Å². The molecule has 0 amide bonds. The van der Waals surface area contributed by atoms with Crippen LogP contribution in [-0.2, 0) is 0 Å². The highest BCUT2D eigenvalue weighted by Gasteiger charge is 2.31. The maximum atomic E-state index is 6.13. The molecule has 1 atom stereocenters. The van der Waals surface area contributed by atoms with Gasteiger partial charge in [-0.1, -0.05) is 47.5 Å². The van der Waals surface area contributed by atoms with Crippen molar-refractivity contribution in [3.05, 3.63) is 99.3 Å². The van der Waals surface area contributed by atoms with Gasteiger partial charge in [0.25, 0.3) is 0 Å². The number of methoxy groups -OCH3 is 1. The highest BCUT2D eigenvalue weighted by atomic mass is 35.5. The minimum absolute atomic E-state index is 0.0357. The number of benzene rings is 3. The zero-order valence-corrected chi connectivity index (χ0v) is 19.5. The molecular formula is C25H19Cl2N3OS. The lowest BCUT2D eigenvalue weighted by atomic mass is 9.98. The summed E-state index contributed by atoms with van der Waals surface area (Å²) in [4.78, 5) is 4.89. The molecule has 160 valence electrons. The highest BCUT2D eigenvalue weighted by Crippen LogP contribution is 2.39. The van der Waals surface area contributed by atoms with Gasteiger partial charge in [-0.2, -0.15) is 5.10 Å². The zero-order chi connectivity index (χ0) is 22.1. The van der Waals surface area contributed by atoms with Crippen LogP contribution >= 0.6 is 34.5 Å². The van der Waals surface area contributed by atoms with Crippen molar-refractivity contribution in [2.45, 2.75) is 12.5 Å². The number of ether oxygens (including phenoxy) is 1. The molecule has 5 rings (SSSR count). The summed E-state index contributed by atoms with van der Waals surface area (Å²) in [6.45, 7) is 0. The van der Waals surface area contributed by atoms with E-state index in [1.807, 2.05) is 65.7 Å². The van der Waals surface area contributed by atoms with E-state index in [9.17, 15) is 0 Å². The largest absolute Gasteiger partial charge is 0.497 e. The average molecular weight is 480 g/mol. The highest BCUT2D eigenvalue weighted by molar-refractivity contribution is 7.14. The van der Waals surface area contributed by atoms with E-state index in [1.165, 1.54) is 0 Å². The summed E-state index contributed by atoms with van der Waals surface area (Å²) in [6, 6.07) is 23.7. The van der Waals surface area contributed by atoms with Crippen LogP contribution in [-0.4, -0.2) is 17.8 Å². The number of anilines is 1. The SMILES string of the molecule is COc1ccc(C2=NN(c3nc(-c4ccc(Cl)cc4)cs3)C(c3ccc(Cl)cc3)C2)cc1. The summed E-state index contributed by atoms with van der Waals surface area (Å²) in [7, 11) is 1.67. The fourth-order valence-electron chi connectivity index (χ4n) is 3.71. The first kappa shape index (κ1) is 21.0. The molecule has 7 heteroatoms. The lowest BCUT2D eigenvalue weighted by Crippen LogP contribution is -2.18. The Morgan fingerprint density at radius 1 is 0.875 bits per heavy atom. The molecule has 1 aliphatic heterocycles. The number of thiazole rings is 1. The van der Waals surface area contributed by atoms with Gasteiger partial charge in [-0.3, -0.25) is 0 Å². The topological polar surface area (TPSA) is 37.7 Å². The Bertz CT molecular complexity index is 1250. The van der Waals surface area contributed by atoms with Crippen LogP contribution in [0.1, 0.15) is 23.6 Å². The maximum absolute atomic E-state index is 6.13. The summed E-state index contributed by atoms with van der Waals surface area (Å²) in [5.41, 5.74) is 5.16. The quantitative estimate of drug-likeness (QED) is 0.297. The molecular weight excluding hydrogens is 461 g/mol. The molecule has 1 unspecified atom stereocenters. The van der Waals surface area contributed by atoms with Crippen LogP contribution in [0.3, 0.4) is 0 Å². The summed E-state index contributed by atoms with van der Waals surface area (Å²) in [5.74, 6) is 0.825. The number of halogens is 2. The Hall–Kier alpha value is -2.86. The average Bonchev–Trinajstić information content (AvgIpc) is 3.48. The molecule has 0 bridgehead atoms. The third kappa shape index (κ3) is 4.24. The lowest BCUT2D eigenvalue weighted by Gasteiger charge is -2.21. The Morgan fingerprint density at radius 3 is 2.16 bits per heavy atom. The van der Waals surface area contributed by atoms with Gasteiger partial charge in [0.15, 0.2) is 0 Å². The Balaban J connectivity index is 1.51. The molecule has 0 radical (unpaired) electrons. The molecule has 0 N–H and O–H groups in total. The molecule has 4 nitrogen and oxygen atoms in total. The number of hydrogen-bond acceptors (Lipinski definition) is 5. The van der Waals surface area contributed by atoms with E-state index in [2.05, 4.69) is 17.5 Å². The summed E-state index contributed by atoms with van der Waals surface area (Å²) in [5, 5.41) is 11.3. The summed E-state index contributed by atoms with van der Waals surface area (Å²) < 4.78 is 5.30. The zero-order valence-electron chi connectivity index (χ0n) is 17.2. The molecule has 1 aromatic heterocycles. The smallest absolute Gasteiger partial charge is 0.207 e. The van der Waals surface area contributed by atoms with Gasteiger partial charge in [0.1, 0.15) is 5.75 Å². The second kappa shape index (κ2) is 8.94. The monoisotopic (exact) mass is 479 g/mol. The van der Waals surface area contributed by atoms with Crippen molar-refractivity contribution >= 4 is 45.4 Å². The van der Waals surface area contributed by atoms with Crippen LogP contribution in [0.25, 0.3) is 11.3 Å². The molecule has 0 saturated heterocycles. The normalized spacial score (nSPS) is 15.7. The second-order valence-electron chi connectivity index (χ2n) is 7.41. The fourth-order valence-corrected chi connectivity index (χ4v) is 4.80. The van der Waals surface area contributed by atoms with Crippen LogP contribution in [0.5, 0.6) is 5.75 Å². The van der Waals surface area contributed by atoms with Crippen molar-refractivity contribution in [3.8, 4) is 17.0 Å².